The lowest BCUT2D eigenvalue weighted by molar-refractivity contribution is -0.124. The largest absolute Gasteiger partial charge is 0.382 e. The van der Waals surface area contributed by atoms with E-state index in [2.05, 4.69) is 10.6 Å². The molecule has 0 aromatic rings. The number of rotatable bonds is 5. The summed E-state index contributed by atoms with van der Waals surface area (Å²) >= 11 is 0. The minimum Gasteiger partial charge on any atom is -0.382 e. The van der Waals surface area contributed by atoms with E-state index < -0.39 is 0 Å². The molecule has 0 saturated carbocycles. The van der Waals surface area contributed by atoms with Crippen LogP contribution in [0.1, 0.15) is 20.8 Å². The maximum Gasteiger partial charge on any atom is 0.237 e. The van der Waals surface area contributed by atoms with Crippen molar-refractivity contribution in [3.05, 3.63) is 0 Å². The highest BCUT2D eigenvalue weighted by Crippen LogP contribution is 2.02. The minimum absolute atomic E-state index is 0.00968. The summed E-state index contributed by atoms with van der Waals surface area (Å²) in [5.74, 6) is -0.00968. The van der Waals surface area contributed by atoms with Crippen LogP contribution in [0.25, 0.3) is 0 Å². The zero-order chi connectivity index (χ0) is 10.5. The number of carbonyl (C=O) groups is 1. The Morgan fingerprint density at radius 2 is 2.08 bits per heavy atom. The smallest absolute Gasteiger partial charge is 0.237 e. The van der Waals surface area contributed by atoms with Gasteiger partial charge in [-0.1, -0.05) is 0 Å². The number of ether oxygens (including phenoxy) is 1. The summed E-state index contributed by atoms with van der Waals surface area (Å²) in [4.78, 5) is 11.4. The van der Waals surface area contributed by atoms with E-state index >= 15 is 0 Å². The van der Waals surface area contributed by atoms with Gasteiger partial charge in [0.15, 0.2) is 0 Å². The Balaban J connectivity index is 4.03. The van der Waals surface area contributed by atoms with Crippen molar-refractivity contribution in [1.29, 1.82) is 0 Å². The van der Waals surface area contributed by atoms with E-state index in [-0.39, 0.29) is 17.5 Å². The van der Waals surface area contributed by atoms with Crippen LogP contribution >= 0.6 is 0 Å². The van der Waals surface area contributed by atoms with Gasteiger partial charge >= 0.3 is 0 Å². The van der Waals surface area contributed by atoms with Crippen LogP contribution in [-0.2, 0) is 9.53 Å². The van der Waals surface area contributed by atoms with Gasteiger partial charge in [0.25, 0.3) is 0 Å². The molecule has 1 unspecified atom stereocenters. The van der Waals surface area contributed by atoms with Gasteiger partial charge in [-0.15, -0.1) is 0 Å². The molecule has 0 bridgehead atoms. The monoisotopic (exact) mass is 188 g/mol. The van der Waals surface area contributed by atoms with Gasteiger partial charge < -0.3 is 15.4 Å². The molecule has 0 spiro atoms. The minimum atomic E-state index is -0.309. The predicted molar refractivity (Wildman–Crippen MR) is 52.6 cm³/mol. The van der Waals surface area contributed by atoms with Crippen molar-refractivity contribution < 1.29 is 9.53 Å². The maximum absolute atomic E-state index is 11.4. The lowest BCUT2D eigenvalue weighted by atomic mass is 10.1. The second-order valence-corrected chi connectivity index (χ2v) is 3.82. The van der Waals surface area contributed by atoms with E-state index in [0.717, 1.165) is 0 Å². The first-order valence-electron chi connectivity index (χ1n) is 4.41. The molecule has 0 fully saturated rings. The molecule has 0 aliphatic carbocycles. The first kappa shape index (κ1) is 12.4. The summed E-state index contributed by atoms with van der Waals surface area (Å²) in [5, 5.41) is 5.76. The number of carbonyl (C=O) groups excluding carboxylic acids is 1. The van der Waals surface area contributed by atoms with E-state index in [1.165, 1.54) is 0 Å². The van der Waals surface area contributed by atoms with Crippen molar-refractivity contribution in [2.24, 2.45) is 0 Å². The third kappa shape index (κ3) is 4.85. The summed E-state index contributed by atoms with van der Waals surface area (Å²) in [6.07, 6.45) is 0. The first-order chi connectivity index (χ1) is 5.93. The zero-order valence-corrected chi connectivity index (χ0v) is 9.10. The van der Waals surface area contributed by atoms with Gasteiger partial charge in [-0.25, -0.2) is 0 Å². The number of nitrogens with one attached hydrogen (secondary N) is 2. The number of hydrogen-bond acceptors (Lipinski definition) is 3. The molecule has 0 saturated heterocycles. The van der Waals surface area contributed by atoms with Gasteiger partial charge in [-0.05, 0) is 27.8 Å². The van der Waals surface area contributed by atoms with Crippen LogP contribution in [0.2, 0.25) is 0 Å². The fourth-order valence-corrected chi connectivity index (χ4v) is 0.970. The van der Waals surface area contributed by atoms with Crippen LogP contribution in [0, 0.1) is 0 Å². The van der Waals surface area contributed by atoms with E-state index in [0.29, 0.717) is 6.61 Å². The van der Waals surface area contributed by atoms with Gasteiger partial charge in [0, 0.05) is 7.11 Å². The summed E-state index contributed by atoms with van der Waals surface area (Å²) in [5.41, 5.74) is -0.309. The lowest BCUT2D eigenvalue weighted by Gasteiger charge is -2.26. The molecule has 0 aliphatic rings. The second-order valence-electron chi connectivity index (χ2n) is 3.82. The average molecular weight is 188 g/mol. The Morgan fingerprint density at radius 3 is 2.46 bits per heavy atom. The molecule has 4 nitrogen and oxygen atoms in total. The van der Waals surface area contributed by atoms with Crippen LogP contribution in [0.4, 0.5) is 0 Å². The Hall–Kier alpha value is -0.610. The second kappa shape index (κ2) is 5.19. The Morgan fingerprint density at radius 1 is 1.54 bits per heavy atom. The quantitative estimate of drug-likeness (QED) is 0.645. The SMILES string of the molecule is CNC(C)C(=O)NC(C)(C)COC. The molecule has 13 heavy (non-hydrogen) atoms. The van der Waals surface area contributed by atoms with Crippen LogP contribution in [0.3, 0.4) is 0 Å². The standard InChI is InChI=1S/C9H20N2O2/c1-7(10-4)8(12)11-9(2,3)6-13-5/h7,10H,6H2,1-5H3,(H,11,12). The van der Waals surface area contributed by atoms with Crippen LogP contribution < -0.4 is 10.6 Å². The van der Waals surface area contributed by atoms with Crippen molar-refractivity contribution in [3.63, 3.8) is 0 Å². The number of likely N-dealkylation sites (N-methyl/N-ethyl adjacent to an activating group) is 1. The van der Waals surface area contributed by atoms with Gasteiger partial charge in [-0.2, -0.15) is 0 Å². The lowest BCUT2D eigenvalue weighted by Crippen LogP contribution is -2.52. The van der Waals surface area contributed by atoms with E-state index in [1.54, 1.807) is 14.2 Å². The molecule has 0 aromatic heterocycles. The molecule has 1 amide bonds. The molecule has 1 atom stereocenters. The van der Waals surface area contributed by atoms with E-state index in [1.807, 2.05) is 20.8 Å². The summed E-state index contributed by atoms with van der Waals surface area (Å²) in [7, 11) is 3.38. The molecule has 0 rings (SSSR count). The Labute approximate surface area is 80.0 Å². The van der Waals surface area contributed by atoms with Crippen molar-refractivity contribution in [3.8, 4) is 0 Å². The molecule has 2 N–H and O–H groups in total. The first-order valence-corrected chi connectivity index (χ1v) is 4.41. The highest BCUT2D eigenvalue weighted by molar-refractivity contribution is 5.81. The molecule has 0 heterocycles. The highest BCUT2D eigenvalue weighted by atomic mass is 16.5. The molecule has 0 aromatic carbocycles. The van der Waals surface area contributed by atoms with Crippen LogP contribution in [0.15, 0.2) is 0 Å². The normalized spacial score (nSPS) is 13.9. The molecular formula is C9H20N2O2. The molecule has 0 radical (unpaired) electrons. The number of methoxy groups -OCH3 is 1. The number of hydrogen-bond donors (Lipinski definition) is 2. The fraction of sp³-hybridized carbons (Fsp3) is 0.889. The summed E-state index contributed by atoms with van der Waals surface area (Å²) in [6.45, 7) is 6.18. The fourth-order valence-electron chi connectivity index (χ4n) is 0.970. The van der Waals surface area contributed by atoms with Gasteiger partial charge in [0.2, 0.25) is 5.91 Å². The van der Waals surface area contributed by atoms with Crippen LogP contribution in [-0.4, -0.2) is 38.3 Å². The molecule has 0 aliphatic heterocycles. The third-order valence-electron chi connectivity index (χ3n) is 1.79. The summed E-state index contributed by atoms with van der Waals surface area (Å²) in [6, 6.07) is -0.170. The molecule has 78 valence electrons. The van der Waals surface area contributed by atoms with Crippen molar-refractivity contribution in [2.75, 3.05) is 20.8 Å². The molecular weight excluding hydrogens is 168 g/mol. The Kier molecular flexibility index (Phi) is 4.95. The van der Waals surface area contributed by atoms with Crippen LogP contribution in [0.5, 0.6) is 0 Å². The average Bonchev–Trinajstić information content (AvgIpc) is 2.01. The third-order valence-corrected chi connectivity index (χ3v) is 1.79. The highest BCUT2D eigenvalue weighted by Gasteiger charge is 2.22. The van der Waals surface area contributed by atoms with Gasteiger partial charge in [-0.3, -0.25) is 4.79 Å². The zero-order valence-electron chi connectivity index (χ0n) is 9.10. The maximum atomic E-state index is 11.4. The van der Waals surface area contributed by atoms with Crippen molar-refractivity contribution in [1.82, 2.24) is 10.6 Å². The Bertz CT molecular complexity index is 169. The molecule has 4 heteroatoms. The summed E-state index contributed by atoms with van der Waals surface area (Å²) < 4.78 is 4.99. The van der Waals surface area contributed by atoms with Gasteiger partial charge in [0.1, 0.15) is 0 Å². The van der Waals surface area contributed by atoms with Crippen molar-refractivity contribution in [2.45, 2.75) is 32.4 Å². The van der Waals surface area contributed by atoms with E-state index in [4.69, 9.17) is 4.74 Å². The van der Waals surface area contributed by atoms with E-state index in [9.17, 15) is 4.79 Å². The number of amides is 1. The predicted octanol–water partition coefficient (Wildman–Crippen LogP) is 0.135. The topological polar surface area (TPSA) is 50.4 Å². The van der Waals surface area contributed by atoms with Crippen molar-refractivity contribution >= 4 is 5.91 Å². The van der Waals surface area contributed by atoms with Gasteiger partial charge in [0.05, 0.1) is 18.2 Å².